The van der Waals surface area contributed by atoms with Gasteiger partial charge >= 0.3 is 0 Å². The fourth-order valence-corrected chi connectivity index (χ4v) is 1.66. The van der Waals surface area contributed by atoms with Crippen molar-refractivity contribution < 1.29 is 9.57 Å². The third kappa shape index (κ3) is 4.41. The summed E-state index contributed by atoms with van der Waals surface area (Å²) >= 11 is 3.41. The van der Waals surface area contributed by atoms with E-state index in [1.165, 1.54) is 12.8 Å². The number of rotatable bonds is 7. The monoisotopic (exact) mass is 287 g/mol. The molecule has 0 saturated carbocycles. The predicted octanol–water partition coefficient (Wildman–Crippen LogP) is 3.53. The van der Waals surface area contributed by atoms with E-state index in [2.05, 4.69) is 28.3 Å². The summed E-state index contributed by atoms with van der Waals surface area (Å²) in [6.45, 7) is 2.90. The van der Waals surface area contributed by atoms with Crippen molar-refractivity contribution in [3.63, 3.8) is 0 Å². The van der Waals surface area contributed by atoms with E-state index in [0.29, 0.717) is 5.75 Å². The van der Waals surface area contributed by atoms with Gasteiger partial charge < -0.3 is 9.57 Å². The number of ether oxygens (including phenoxy) is 1. The van der Waals surface area contributed by atoms with Gasteiger partial charge in [-0.3, -0.25) is 0 Å². The number of hydrogen-bond donors (Lipinski definition) is 1. The molecule has 1 N–H and O–H groups in total. The van der Waals surface area contributed by atoms with Crippen LogP contribution in [0.1, 0.15) is 26.2 Å². The molecule has 0 aliphatic heterocycles. The molecule has 3 nitrogen and oxygen atoms in total. The Labute approximate surface area is 105 Å². The maximum Gasteiger partial charge on any atom is 0.189 e. The van der Waals surface area contributed by atoms with Gasteiger partial charge in [0.25, 0.3) is 0 Å². The highest BCUT2D eigenvalue weighted by Gasteiger charge is 2.05. The average Bonchev–Trinajstić information content (AvgIpc) is 2.28. The van der Waals surface area contributed by atoms with Crippen LogP contribution in [0.3, 0.4) is 0 Å². The van der Waals surface area contributed by atoms with Gasteiger partial charge in [-0.25, -0.2) is 0 Å². The quantitative estimate of drug-likeness (QED) is 0.615. The van der Waals surface area contributed by atoms with E-state index in [-0.39, 0.29) is 0 Å². The Morgan fingerprint density at radius 1 is 1.25 bits per heavy atom. The highest BCUT2D eigenvalue weighted by atomic mass is 79.9. The van der Waals surface area contributed by atoms with Gasteiger partial charge in [0.2, 0.25) is 0 Å². The zero-order valence-electron chi connectivity index (χ0n) is 9.75. The molecule has 0 aromatic heterocycles. The van der Waals surface area contributed by atoms with E-state index in [1.807, 2.05) is 18.2 Å². The van der Waals surface area contributed by atoms with Crippen LogP contribution >= 0.6 is 15.9 Å². The van der Waals surface area contributed by atoms with Crippen LogP contribution < -0.4 is 15.1 Å². The molecule has 0 unspecified atom stereocenters. The summed E-state index contributed by atoms with van der Waals surface area (Å²) in [5.74, 6) is 1.47. The summed E-state index contributed by atoms with van der Waals surface area (Å²) in [5.41, 5.74) is 2.65. The molecular formula is C12H18BrNO2. The topological polar surface area (TPSA) is 30.5 Å². The number of hydroxylamine groups is 1. The highest BCUT2D eigenvalue weighted by Crippen LogP contribution is 2.30. The van der Waals surface area contributed by atoms with Gasteiger partial charge in [0.15, 0.2) is 11.5 Å². The molecule has 1 aromatic carbocycles. The summed E-state index contributed by atoms with van der Waals surface area (Å²) in [7, 11) is 1.73. The minimum atomic E-state index is 0.710. The number of hydrogen-bond acceptors (Lipinski definition) is 3. The van der Waals surface area contributed by atoms with Gasteiger partial charge in [-0.1, -0.05) is 35.7 Å². The van der Waals surface area contributed by atoms with Crippen LogP contribution in [0.4, 0.5) is 0 Å². The van der Waals surface area contributed by atoms with Crippen molar-refractivity contribution in [1.29, 1.82) is 0 Å². The highest BCUT2D eigenvalue weighted by molar-refractivity contribution is 9.10. The van der Waals surface area contributed by atoms with Crippen molar-refractivity contribution in [1.82, 2.24) is 5.48 Å². The van der Waals surface area contributed by atoms with Crippen molar-refractivity contribution in [2.24, 2.45) is 0 Å². The second kappa shape index (κ2) is 7.52. The molecule has 0 atom stereocenters. The molecule has 0 spiro atoms. The standard InChI is InChI=1S/C12H18BrNO2/c1-3-4-5-8-15-12-9-10(13)6-7-11(12)16-14-2/h6-7,9,14H,3-5,8H2,1-2H3. The van der Waals surface area contributed by atoms with Crippen LogP contribution in [-0.4, -0.2) is 13.7 Å². The minimum absolute atomic E-state index is 0.710. The molecule has 16 heavy (non-hydrogen) atoms. The average molecular weight is 288 g/mol. The molecule has 0 saturated heterocycles. The summed E-state index contributed by atoms with van der Waals surface area (Å²) < 4.78 is 6.67. The van der Waals surface area contributed by atoms with Gasteiger partial charge in [0.1, 0.15) is 0 Å². The largest absolute Gasteiger partial charge is 0.490 e. The van der Waals surface area contributed by atoms with E-state index in [0.717, 1.165) is 23.2 Å². The Balaban J connectivity index is 2.57. The summed E-state index contributed by atoms with van der Waals surface area (Å²) in [5, 5.41) is 0. The Kier molecular flexibility index (Phi) is 6.26. The molecule has 0 bridgehead atoms. The van der Waals surface area contributed by atoms with Gasteiger partial charge in [0, 0.05) is 11.5 Å². The molecule has 1 rings (SSSR count). The number of benzene rings is 1. The van der Waals surface area contributed by atoms with Crippen LogP contribution in [0.2, 0.25) is 0 Å². The van der Waals surface area contributed by atoms with E-state index in [4.69, 9.17) is 9.57 Å². The van der Waals surface area contributed by atoms with Crippen molar-refractivity contribution in [2.45, 2.75) is 26.2 Å². The fourth-order valence-electron chi connectivity index (χ4n) is 1.32. The molecule has 0 aliphatic carbocycles. The number of unbranched alkanes of at least 4 members (excludes halogenated alkanes) is 2. The maximum atomic E-state index is 5.68. The van der Waals surface area contributed by atoms with Crippen LogP contribution in [0.5, 0.6) is 11.5 Å². The smallest absolute Gasteiger partial charge is 0.189 e. The van der Waals surface area contributed by atoms with E-state index in [1.54, 1.807) is 7.05 Å². The molecular weight excluding hydrogens is 270 g/mol. The van der Waals surface area contributed by atoms with Crippen molar-refractivity contribution in [3.8, 4) is 11.5 Å². The summed E-state index contributed by atoms with van der Waals surface area (Å²) in [6, 6.07) is 5.71. The zero-order chi connectivity index (χ0) is 11.8. The van der Waals surface area contributed by atoms with E-state index >= 15 is 0 Å². The minimum Gasteiger partial charge on any atom is -0.490 e. The first-order chi connectivity index (χ1) is 7.77. The summed E-state index contributed by atoms with van der Waals surface area (Å²) in [4.78, 5) is 5.25. The Hall–Kier alpha value is -0.740. The van der Waals surface area contributed by atoms with Gasteiger partial charge in [-0.2, -0.15) is 5.48 Å². The second-order valence-electron chi connectivity index (χ2n) is 3.45. The lowest BCUT2D eigenvalue weighted by atomic mass is 10.2. The molecule has 0 fully saturated rings. The third-order valence-corrected chi connectivity index (χ3v) is 2.62. The predicted molar refractivity (Wildman–Crippen MR) is 68.8 cm³/mol. The second-order valence-corrected chi connectivity index (χ2v) is 4.37. The van der Waals surface area contributed by atoms with E-state index < -0.39 is 0 Å². The molecule has 0 aliphatic rings. The molecule has 1 aromatic rings. The third-order valence-electron chi connectivity index (χ3n) is 2.12. The first kappa shape index (κ1) is 13.3. The Morgan fingerprint density at radius 3 is 2.75 bits per heavy atom. The first-order valence-electron chi connectivity index (χ1n) is 5.54. The molecule has 90 valence electrons. The van der Waals surface area contributed by atoms with Gasteiger partial charge in [-0.15, -0.1) is 0 Å². The van der Waals surface area contributed by atoms with Gasteiger partial charge in [0.05, 0.1) is 6.61 Å². The van der Waals surface area contributed by atoms with Crippen LogP contribution in [0, 0.1) is 0 Å². The number of nitrogens with one attached hydrogen (secondary N) is 1. The van der Waals surface area contributed by atoms with Crippen molar-refractivity contribution in [2.75, 3.05) is 13.7 Å². The normalized spacial score (nSPS) is 10.2. The number of halogens is 1. The Morgan fingerprint density at radius 2 is 2.06 bits per heavy atom. The zero-order valence-corrected chi connectivity index (χ0v) is 11.3. The molecule has 0 radical (unpaired) electrons. The fraction of sp³-hybridized carbons (Fsp3) is 0.500. The van der Waals surface area contributed by atoms with Crippen LogP contribution in [-0.2, 0) is 0 Å². The van der Waals surface area contributed by atoms with Crippen LogP contribution in [0.15, 0.2) is 22.7 Å². The van der Waals surface area contributed by atoms with Crippen LogP contribution in [0.25, 0.3) is 0 Å². The molecule has 0 amide bonds. The Bertz CT molecular complexity index is 318. The van der Waals surface area contributed by atoms with Crippen molar-refractivity contribution in [3.05, 3.63) is 22.7 Å². The lowest BCUT2D eigenvalue weighted by Gasteiger charge is -2.11. The van der Waals surface area contributed by atoms with E-state index in [9.17, 15) is 0 Å². The molecule has 4 heteroatoms. The first-order valence-corrected chi connectivity index (χ1v) is 6.33. The van der Waals surface area contributed by atoms with Gasteiger partial charge in [-0.05, 0) is 24.6 Å². The lowest BCUT2D eigenvalue weighted by molar-refractivity contribution is 0.204. The maximum absolute atomic E-state index is 5.68. The SMILES string of the molecule is CCCCCOc1cc(Br)ccc1ONC. The lowest BCUT2D eigenvalue weighted by Crippen LogP contribution is -2.12. The van der Waals surface area contributed by atoms with Crippen molar-refractivity contribution >= 4 is 15.9 Å². The molecule has 0 heterocycles. The summed E-state index contributed by atoms with van der Waals surface area (Å²) in [6.07, 6.45) is 3.46.